The minimum Gasteiger partial charge on any atom is -0.479 e. The van der Waals surface area contributed by atoms with Crippen LogP contribution in [0, 0.1) is 17.8 Å². The minimum absolute atomic E-state index is 0.0875. The third kappa shape index (κ3) is 7.43. The third-order valence-corrected chi connectivity index (χ3v) is 9.74. The van der Waals surface area contributed by atoms with Gasteiger partial charge in [-0.25, -0.2) is 9.59 Å². The van der Waals surface area contributed by atoms with Crippen molar-refractivity contribution < 1.29 is 33.8 Å². The molecule has 3 fully saturated rings. The Morgan fingerprint density at radius 2 is 1.78 bits per heavy atom. The summed E-state index contributed by atoms with van der Waals surface area (Å²) in [5, 5.41) is 17.8. The number of alkyl carbamates (subject to hydrolysis) is 1. The van der Waals surface area contributed by atoms with Crippen molar-refractivity contribution in [3.05, 3.63) is 48.0 Å². The molecule has 3 aliphatic rings. The molecule has 2 aromatic carbocycles. The fourth-order valence-corrected chi connectivity index (χ4v) is 7.07. The summed E-state index contributed by atoms with van der Waals surface area (Å²) in [5.41, 5.74) is -0.313. The lowest BCUT2D eigenvalue weighted by atomic mass is 9.83. The number of rotatable bonds is 12. The molecule has 10 nitrogen and oxygen atoms in total. The first-order valence-electron chi connectivity index (χ1n) is 16.5. The summed E-state index contributed by atoms with van der Waals surface area (Å²) in [5.74, 6) is -2.01. The molecule has 0 spiro atoms. The van der Waals surface area contributed by atoms with Crippen LogP contribution in [0.2, 0.25) is 0 Å². The number of amides is 3. The van der Waals surface area contributed by atoms with Gasteiger partial charge in [0.2, 0.25) is 11.8 Å². The van der Waals surface area contributed by atoms with E-state index in [1.807, 2.05) is 63.2 Å². The molecule has 0 radical (unpaired) electrons. The van der Waals surface area contributed by atoms with E-state index >= 15 is 0 Å². The van der Waals surface area contributed by atoms with Crippen molar-refractivity contribution in [2.24, 2.45) is 17.8 Å². The van der Waals surface area contributed by atoms with E-state index in [1.165, 1.54) is 4.90 Å². The number of fused-ring (bicyclic) bond motifs is 1. The highest BCUT2D eigenvalue weighted by Gasteiger charge is 2.61. The van der Waals surface area contributed by atoms with E-state index in [0.29, 0.717) is 19.4 Å². The van der Waals surface area contributed by atoms with Crippen molar-refractivity contribution in [3.63, 3.8) is 0 Å². The SMILES string of the molecule is CC[C@H]1C[C@]1(NC(=O)[C@@H]1C[C@@H](OCc2cccc3ccccc23)CN1C(=O)[C@@H](NC(=O)OCC(C)C)C1CCCCC1)C(=O)O. The van der Waals surface area contributed by atoms with Crippen LogP contribution in [0.25, 0.3) is 10.8 Å². The number of likely N-dealkylation sites (tertiary alicyclic amines) is 1. The predicted molar refractivity (Wildman–Crippen MR) is 169 cm³/mol. The maximum Gasteiger partial charge on any atom is 0.407 e. The van der Waals surface area contributed by atoms with Crippen molar-refractivity contribution in [3.8, 4) is 0 Å². The standard InChI is InChI=1S/C35H47N3O7/c1-4-26-18-35(26,33(41)42)37-31(39)29-17-27(44-21-25-15-10-14-23-11-8-9-16-28(23)25)19-38(29)32(40)30(24-12-6-5-7-13-24)36-34(43)45-20-22(2)3/h8-11,14-16,22,24,26-27,29-30H,4-7,12-13,17-21H2,1-3H3,(H,36,43)(H,37,39)(H,41,42)/t26-,27+,29-,30-,35+/m0/s1. The first-order valence-corrected chi connectivity index (χ1v) is 16.5. The number of carboxylic acid groups (broad SMARTS) is 1. The summed E-state index contributed by atoms with van der Waals surface area (Å²) in [6.07, 6.45) is 4.67. The van der Waals surface area contributed by atoms with Gasteiger partial charge in [-0.1, -0.05) is 88.9 Å². The summed E-state index contributed by atoms with van der Waals surface area (Å²) in [6, 6.07) is 12.3. The fourth-order valence-electron chi connectivity index (χ4n) is 7.07. The maximum atomic E-state index is 14.4. The number of carbonyl (C=O) groups excluding carboxylic acids is 3. The lowest BCUT2D eigenvalue weighted by Gasteiger charge is -2.34. The highest BCUT2D eigenvalue weighted by Crippen LogP contribution is 2.46. The summed E-state index contributed by atoms with van der Waals surface area (Å²) in [4.78, 5) is 54.8. The second kappa shape index (κ2) is 14.2. The van der Waals surface area contributed by atoms with Gasteiger partial charge in [0.1, 0.15) is 17.6 Å². The normalized spacial score (nSPS) is 25.6. The van der Waals surface area contributed by atoms with Gasteiger partial charge in [0, 0.05) is 13.0 Å². The van der Waals surface area contributed by atoms with Gasteiger partial charge in [0.05, 0.1) is 19.3 Å². The molecule has 0 unspecified atom stereocenters. The molecule has 45 heavy (non-hydrogen) atoms. The van der Waals surface area contributed by atoms with Crippen LogP contribution in [0.5, 0.6) is 0 Å². The topological polar surface area (TPSA) is 134 Å². The van der Waals surface area contributed by atoms with Crippen molar-refractivity contribution in [2.45, 2.75) is 102 Å². The molecule has 5 rings (SSSR count). The van der Waals surface area contributed by atoms with Gasteiger partial charge >= 0.3 is 12.1 Å². The molecule has 244 valence electrons. The van der Waals surface area contributed by atoms with Gasteiger partial charge < -0.3 is 30.1 Å². The summed E-state index contributed by atoms with van der Waals surface area (Å²) in [6.45, 7) is 6.47. The Bertz CT molecular complexity index is 1390. The summed E-state index contributed by atoms with van der Waals surface area (Å²) in [7, 11) is 0. The van der Waals surface area contributed by atoms with E-state index in [-0.39, 0.29) is 43.2 Å². The molecule has 10 heteroatoms. The van der Waals surface area contributed by atoms with E-state index in [4.69, 9.17) is 9.47 Å². The van der Waals surface area contributed by atoms with Crippen LogP contribution in [0.3, 0.4) is 0 Å². The number of hydrogen-bond donors (Lipinski definition) is 3. The van der Waals surface area contributed by atoms with Gasteiger partial charge in [-0.15, -0.1) is 0 Å². The predicted octanol–water partition coefficient (Wildman–Crippen LogP) is 5.03. The number of benzene rings is 2. The monoisotopic (exact) mass is 621 g/mol. The molecule has 0 bridgehead atoms. The average Bonchev–Trinajstić information content (AvgIpc) is 3.60. The van der Waals surface area contributed by atoms with Crippen molar-refractivity contribution in [2.75, 3.05) is 13.2 Å². The van der Waals surface area contributed by atoms with Crippen molar-refractivity contribution >= 4 is 34.6 Å². The highest BCUT2D eigenvalue weighted by atomic mass is 16.5. The maximum absolute atomic E-state index is 14.4. The summed E-state index contributed by atoms with van der Waals surface area (Å²) >= 11 is 0. The van der Waals surface area contributed by atoms with Gasteiger partial charge in [-0.05, 0) is 53.4 Å². The second-order valence-corrected chi connectivity index (χ2v) is 13.4. The number of hydrogen-bond acceptors (Lipinski definition) is 6. The molecule has 1 saturated heterocycles. The van der Waals surface area contributed by atoms with E-state index in [2.05, 4.69) is 10.6 Å². The Balaban J connectivity index is 1.37. The lowest BCUT2D eigenvalue weighted by molar-refractivity contribution is -0.146. The second-order valence-electron chi connectivity index (χ2n) is 13.4. The van der Waals surface area contributed by atoms with Gasteiger partial charge in [-0.2, -0.15) is 0 Å². The third-order valence-electron chi connectivity index (χ3n) is 9.74. The molecule has 3 N–H and O–H groups in total. The number of ether oxygens (including phenoxy) is 2. The van der Waals surface area contributed by atoms with Crippen molar-refractivity contribution in [1.82, 2.24) is 15.5 Å². The fraction of sp³-hybridized carbons (Fsp3) is 0.600. The smallest absolute Gasteiger partial charge is 0.407 e. The Morgan fingerprint density at radius 1 is 1.04 bits per heavy atom. The minimum atomic E-state index is -1.32. The Kier molecular flexibility index (Phi) is 10.3. The zero-order valence-electron chi connectivity index (χ0n) is 26.6. The largest absolute Gasteiger partial charge is 0.479 e. The molecule has 2 aromatic rings. The van der Waals surface area contributed by atoms with Crippen LogP contribution < -0.4 is 10.6 Å². The molecule has 5 atom stereocenters. The van der Waals surface area contributed by atoms with Crippen molar-refractivity contribution in [1.29, 1.82) is 0 Å². The highest BCUT2D eigenvalue weighted by molar-refractivity contribution is 5.96. The number of carboxylic acids is 1. The Hall–Kier alpha value is -3.66. The number of nitrogens with zero attached hydrogens (tertiary/aromatic N) is 1. The van der Waals surface area contributed by atoms with Crippen LogP contribution in [-0.2, 0) is 30.5 Å². The van der Waals surface area contributed by atoms with Crippen LogP contribution in [0.1, 0.15) is 77.7 Å². The van der Waals surface area contributed by atoms with Gasteiger partial charge in [-0.3, -0.25) is 9.59 Å². The molecule has 0 aromatic heterocycles. The summed E-state index contributed by atoms with van der Waals surface area (Å²) < 4.78 is 11.8. The number of aliphatic carboxylic acids is 1. The Labute approximate surface area is 265 Å². The number of nitrogens with one attached hydrogen (secondary N) is 2. The van der Waals surface area contributed by atoms with Crippen LogP contribution in [0.15, 0.2) is 42.5 Å². The van der Waals surface area contributed by atoms with Gasteiger partial charge in [0.15, 0.2) is 0 Å². The van der Waals surface area contributed by atoms with Crippen LogP contribution in [-0.4, -0.2) is 70.8 Å². The quantitative estimate of drug-likeness (QED) is 0.303. The van der Waals surface area contributed by atoms with Crippen LogP contribution in [0.4, 0.5) is 4.79 Å². The van der Waals surface area contributed by atoms with E-state index < -0.39 is 41.7 Å². The van der Waals surface area contributed by atoms with E-state index in [9.17, 15) is 24.3 Å². The molecule has 1 heterocycles. The molecule has 2 saturated carbocycles. The first-order chi connectivity index (χ1) is 21.6. The lowest BCUT2D eigenvalue weighted by Crippen LogP contribution is -2.58. The zero-order valence-corrected chi connectivity index (χ0v) is 26.6. The molecular weight excluding hydrogens is 574 g/mol. The molecule has 1 aliphatic heterocycles. The van der Waals surface area contributed by atoms with Gasteiger partial charge in [0.25, 0.3) is 0 Å². The van der Waals surface area contributed by atoms with Crippen LogP contribution >= 0.6 is 0 Å². The van der Waals surface area contributed by atoms with E-state index in [1.54, 1.807) is 0 Å². The van der Waals surface area contributed by atoms with E-state index in [0.717, 1.165) is 48.4 Å². The number of carbonyl (C=O) groups is 4. The average molecular weight is 622 g/mol. The zero-order chi connectivity index (χ0) is 32.1. The first kappa shape index (κ1) is 32.7. The molecular formula is C35H47N3O7. The Morgan fingerprint density at radius 3 is 2.47 bits per heavy atom. The molecule has 2 aliphatic carbocycles. The molecule has 3 amide bonds.